The number of carbonyl (C=O) groups excluding carboxylic acids is 2. The molecular weight excluding hydrogens is 340 g/mol. The summed E-state index contributed by atoms with van der Waals surface area (Å²) in [5.74, 6) is -0.517. The van der Waals surface area contributed by atoms with Gasteiger partial charge in [0.05, 0.1) is 17.5 Å². The molecule has 5 heteroatoms. The van der Waals surface area contributed by atoms with Gasteiger partial charge in [-0.05, 0) is 30.7 Å². The van der Waals surface area contributed by atoms with E-state index in [4.69, 9.17) is 0 Å². The van der Waals surface area contributed by atoms with Crippen LogP contribution in [0.2, 0.25) is 0 Å². The standard InChI is InChI=1S/C11H10Br2O3/c1-6(14)10(13)9-5-7(12)3-4-8(9)11(15)16-2/h3-5,10H,1-2H3. The lowest BCUT2D eigenvalue weighted by molar-refractivity contribution is -0.116. The summed E-state index contributed by atoms with van der Waals surface area (Å²) >= 11 is 6.56. The van der Waals surface area contributed by atoms with Crippen LogP contribution < -0.4 is 0 Å². The molecule has 16 heavy (non-hydrogen) atoms. The highest BCUT2D eigenvalue weighted by Crippen LogP contribution is 2.29. The van der Waals surface area contributed by atoms with E-state index < -0.39 is 10.8 Å². The highest BCUT2D eigenvalue weighted by Gasteiger charge is 2.21. The third kappa shape index (κ3) is 2.92. The van der Waals surface area contributed by atoms with E-state index in [1.165, 1.54) is 14.0 Å². The van der Waals surface area contributed by atoms with Crippen molar-refractivity contribution in [3.63, 3.8) is 0 Å². The summed E-state index contributed by atoms with van der Waals surface area (Å²) in [7, 11) is 1.31. The third-order valence-electron chi connectivity index (χ3n) is 2.05. The normalized spacial score (nSPS) is 12.0. The topological polar surface area (TPSA) is 43.4 Å². The molecule has 1 unspecified atom stereocenters. The van der Waals surface area contributed by atoms with E-state index in [9.17, 15) is 9.59 Å². The Balaban J connectivity index is 3.28. The van der Waals surface area contributed by atoms with Gasteiger partial charge in [-0.1, -0.05) is 31.9 Å². The van der Waals surface area contributed by atoms with Gasteiger partial charge in [0.25, 0.3) is 0 Å². The lowest BCUT2D eigenvalue weighted by Crippen LogP contribution is -2.10. The number of hydrogen-bond donors (Lipinski definition) is 0. The molecule has 0 aliphatic heterocycles. The zero-order chi connectivity index (χ0) is 12.3. The second-order valence-corrected chi connectivity index (χ2v) is 5.03. The zero-order valence-electron chi connectivity index (χ0n) is 8.79. The summed E-state index contributed by atoms with van der Waals surface area (Å²) in [6, 6.07) is 5.09. The van der Waals surface area contributed by atoms with Crippen LogP contribution in [0.4, 0.5) is 0 Å². The Morgan fingerprint density at radius 3 is 2.50 bits per heavy atom. The molecule has 86 valence electrons. The first kappa shape index (κ1) is 13.4. The Labute approximate surface area is 110 Å². The number of rotatable bonds is 3. The van der Waals surface area contributed by atoms with Gasteiger partial charge in [-0.25, -0.2) is 4.79 Å². The molecule has 0 aliphatic rings. The van der Waals surface area contributed by atoms with Gasteiger partial charge in [-0.3, -0.25) is 4.79 Å². The largest absolute Gasteiger partial charge is 0.465 e. The average Bonchev–Trinajstić information content (AvgIpc) is 2.26. The van der Waals surface area contributed by atoms with Crippen LogP contribution >= 0.6 is 31.9 Å². The van der Waals surface area contributed by atoms with Gasteiger partial charge in [0.2, 0.25) is 0 Å². The highest BCUT2D eigenvalue weighted by molar-refractivity contribution is 9.10. The first-order valence-electron chi connectivity index (χ1n) is 4.49. The fourth-order valence-corrected chi connectivity index (χ4v) is 2.02. The number of alkyl halides is 1. The van der Waals surface area contributed by atoms with E-state index in [0.717, 1.165) is 4.47 Å². The first-order chi connectivity index (χ1) is 7.47. The van der Waals surface area contributed by atoms with E-state index in [2.05, 4.69) is 36.6 Å². The van der Waals surface area contributed by atoms with Gasteiger partial charge in [0.1, 0.15) is 5.78 Å². The molecule has 0 aromatic heterocycles. The van der Waals surface area contributed by atoms with E-state index in [-0.39, 0.29) is 5.78 Å². The first-order valence-corrected chi connectivity index (χ1v) is 6.20. The molecule has 0 radical (unpaired) electrons. The quantitative estimate of drug-likeness (QED) is 0.621. The van der Waals surface area contributed by atoms with Crippen molar-refractivity contribution in [2.45, 2.75) is 11.8 Å². The van der Waals surface area contributed by atoms with Crippen molar-refractivity contribution >= 4 is 43.6 Å². The summed E-state index contributed by atoms with van der Waals surface area (Å²) < 4.78 is 5.47. The van der Waals surface area contributed by atoms with Crippen molar-refractivity contribution in [2.24, 2.45) is 0 Å². The van der Waals surface area contributed by atoms with Crippen LogP contribution in [-0.4, -0.2) is 18.9 Å². The summed E-state index contributed by atoms with van der Waals surface area (Å²) in [5.41, 5.74) is 0.997. The van der Waals surface area contributed by atoms with Crippen LogP contribution in [0.1, 0.15) is 27.7 Å². The van der Waals surface area contributed by atoms with Crippen molar-refractivity contribution in [2.75, 3.05) is 7.11 Å². The highest BCUT2D eigenvalue weighted by atomic mass is 79.9. The van der Waals surface area contributed by atoms with Gasteiger partial charge in [-0.15, -0.1) is 0 Å². The molecular formula is C11H10Br2O3. The van der Waals surface area contributed by atoms with Crippen molar-refractivity contribution < 1.29 is 14.3 Å². The van der Waals surface area contributed by atoms with Crippen molar-refractivity contribution in [1.29, 1.82) is 0 Å². The summed E-state index contributed by atoms with van der Waals surface area (Å²) in [5, 5.41) is 0. The Kier molecular flexibility index (Phi) is 4.68. The Hall–Kier alpha value is -0.680. The monoisotopic (exact) mass is 348 g/mol. The molecule has 0 heterocycles. The molecule has 0 amide bonds. The predicted octanol–water partition coefficient (Wildman–Crippen LogP) is 3.26. The van der Waals surface area contributed by atoms with Crippen molar-refractivity contribution in [3.05, 3.63) is 33.8 Å². The minimum Gasteiger partial charge on any atom is -0.465 e. The smallest absolute Gasteiger partial charge is 0.338 e. The minimum atomic E-state index is -0.501. The molecule has 0 aliphatic carbocycles. The number of ketones is 1. The molecule has 1 rings (SSSR count). The molecule has 0 bridgehead atoms. The molecule has 1 aromatic rings. The number of benzene rings is 1. The van der Waals surface area contributed by atoms with Gasteiger partial charge < -0.3 is 4.74 Å². The minimum absolute atomic E-state index is 0.0664. The van der Waals surface area contributed by atoms with Crippen LogP contribution in [0, 0.1) is 0 Å². The maximum Gasteiger partial charge on any atom is 0.338 e. The SMILES string of the molecule is COC(=O)c1ccc(Br)cc1C(Br)C(C)=O. The maximum atomic E-state index is 11.5. The third-order valence-corrected chi connectivity index (χ3v) is 3.68. The number of halogens is 2. The second kappa shape index (κ2) is 5.59. The molecule has 1 aromatic carbocycles. The Bertz CT molecular complexity index is 429. The number of esters is 1. The van der Waals surface area contributed by atoms with Gasteiger partial charge >= 0.3 is 5.97 Å². The summed E-state index contributed by atoms with van der Waals surface area (Å²) in [4.78, 5) is 22.3. The molecule has 0 spiro atoms. The lowest BCUT2D eigenvalue weighted by atomic mass is 10.0. The van der Waals surface area contributed by atoms with E-state index >= 15 is 0 Å². The number of hydrogen-bond acceptors (Lipinski definition) is 3. The van der Waals surface area contributed by atoms with E-state index in [0.29, 0.717) is 11.1 Å². The zero-order valence-corrected chi connectivity index (χ0v) is 12.0. The predicted molar refractivity (Wildman–Crippen MR) is 67.8 cm³/mol. The fraction of sp³-hybridized carbons (Fsp3) is 0.273. The number of Topliss-reactive ketones (excluding diaryl/α,β-unsaturated/α-hetero) is 1. The molecule has 0 saturated carbocycles. The van der Waals surface area contributed by atoms with E-state index in [1.54, 1.807) is 18.2 Å². The summed E-state index contributed by atoms with van der Waals surface area (Å²) in [6.07, 6.45) is 0. The van der Waals surface area contributed by atoms with Crippen LogP contribution in [0.5, 0.6) is 0 Å². The van der Waals surface area contributed by atoms with Gasteiger partial charge in [-0.2, -0.15) is 0 Å². The number of carbonyl (C=O) groups is 2. The second-order valence-electron chi connectivity index (χ2n) is 3.20. The molecule has 0 N–H and O–H groups in total. The molecule has 1 atom stereocenters. The van der Waals surface area contributed by atoms with Crippen molar-refractivity contribution in [1.82, 2.24) is 0 Å². The maximum absolute atomic E-state index is 11.5. The van der Waals surface area contributed by atoms with Crippen LogP contribution in [-0.2, 0) is 9.53 Å². The van der Waals surface area contributed by atoms with E-state index in [1.807, 2.05) is 0 Å². The number of methoxy groups -OCH3 is 1. The fourth-order valence-electron chi connectivity index (χ4n) is 1.26. The molecule has 0 saturated heterocycles. The van der Waals surface area contributed by atoms with Crippen molar-refractivity contribution in [3.8, 4) is 0 Å². The average molecular weight is 350 g/mol. The van der Waals surface area contributed by atoms with Crippen LogP contribution in [0.15, 0.2) is 22.7 Å². The Morgan fingerprint density at radius 2 is 2.00 bits per heavy atom. The van der Waals surface area contributed by atoms with Gasteiger partial charge in [0, 0.05) is 4.47 Å². The molecule has 3 nitrogen and oxygen atoms in total. The number of ether oxygens (including phenoxy) is 1. The summed E-state index contributed by atoms with van der Waals surface area (Å²) in [6.45, 7) is 1.46. The Morgan fingerprint density at radius 1 is 1.38 bits per heavy atom. The lowest BCUT2D eigenvalue weighted by Gasteiger charge is -2.11. The molecule has 0 fully saturated rings. The van der Waals surface area contributed by atoms with Gasteiger partial charge in [0.15, 0.2) is 0 Å². The van der Waals surface area contributed by atoms with Crippen LogP contribution in [0.3, 0.4) is 0 Å². The van der Waals surface area contributed by atoms with Crippen LogP contribution in [0.25, 0.3) is 0 Å².